The summed E-state index contributed by atoms with van der Waals surface area (Å²) in [5.74, 6) is 0.984. The molecule has 4 rings (SSSR count). The molecule has 1 saturated heterocycles. The van der Waals surface area contributed by atoms with E-state index in [1.54, 1.807) is 22.7 Å². The summed E-state index contributed by atoms with van der Waals surface area (Å²) in [7, 11) is 2.14. The van der Waals surface area contributed by atoms with Gasteiger partial charge in [-0.25, -0.2) is 9.97 Å². The SMILES string of the molecule is CN1CCN(c2ccc(CNC(=O)Cc3csc(-c4cccs4)n3)cn2)CC1. The first-order valence-electron chi connectivity index (χ1n) is 9.31. The van der Waals surface area contributed by atoms with Gasteiger partial charge in [0.05, 0.1) is 17.0 Å². The Morgan fingerprint density at radius 2 is 2.04 bits per heavy atom. The fraction of sp³-hybridized carbons (Fsp3) is 0.350. The van der Waals surface area contributed by atoms with E-state index in [-0.39, 0.29) is 5.91 Å². The Kier molecular flexibility index (Phi) is 5.99. The highest BCUT2D eigenvalue weighted by Gasteiger charge is 2.15. The summed E-state index contributed by atoms with van der Waals surface area (Å²) >= 11 is 3.24. The predicted molar refractivity (Wildman–Crippen MR) is 115 cm³/mol. The molecule has 1 fully saturated rings. The molecule has 0 saturated carbocycles. The molecule has 0 atom stereocenters. The van der Waals surface area contributed by atoms with Gasteiger partial charge in [-0.2, -0.15) is 0 Å². The molecule has 6 nitrogen and oxygen atoms in total. The Bertz CT molecular complexity index is 899. The van der Waals surface area contributed by atoms with E-state index in [0.717, 1.165) is 53.1 Å². The maximum atomic E-state index is 12.2. The van der Waals surface area contributed by atoms with E-state index in [9.17, 15) is 4.79 Å². The van der Waals surface area contributed by atoms with Gasteiger partial charge in [-0.05, 0) is 30.1 Å². The second kappa shape index (κ2) is 8.81. The van der Waals surface area contributed by atoms with E-state index < -0.39 is 0 Å². The van der Waals surface area contributed by atoms with Crippen LogP contribution in [0.25, 0.3) is 9.88 Å². The number of thiophene rings is 1. The standard InChI is InChI=1S/C20H23N5OS2/c1-24-6-8-25(9-7-24)18-5-4-15(12-21-18)13-22-19(26)11-16-14-28-20(23-16)17-3-2-10-27-17/h2-5,10,12,14H,6-9,11,13H2,1H3,(H,22,26). The van der Waals surface area contributed by atoms with E-state index >= 15 is 0 Å². The first-order chi connectivity index (χ1) is 13.7. The third-order valence-corrected chi connectivity index (χ3v) is 6.68. The third-order valence-electron chi connectivity index (χ3n) is 4.75. The van der Waals surface area contributed by atoms with Crippen LogP contribution < -0.4 is 10.2 Å². The predicted octanol–water partition coefficient (Wildman–Crippen LogP) is 2.88. The van der Waals surface area contributed by atoms with Gasteiger partial charge in [-0.1, -0.05) is 12.1 Å². The molecule has 0 unspecified atom stereocenters. The number of piperazine rings is 1. The van der Waals surface area contributed by atoms with Crippen molar-refractivity contribution in [1.82, 2.24) is 20.2 Å². The highest BCUT2D eigenvalue weighted by molar-refractivity contribution is 7.20. The van der Waals surface area contributed by atoms with Gasteiger partial charge in [-0.3, -0.25) is 4.79 Å². The van der Waals surface area contributed by atoms with Crippen molar-refractivity contribution in [3.8, 4) is 9.88 Å². The summed E-state index contributed by atoms with van der Waals surface area (Å²) in [4.78, 5) is 27.1. The first-order valence-corrected chi connectivity index (χ1v) is 11.1. The lowest BCUT2D eigenvalue weighted by atomic mass is 10.2. The fourth-order valence-corrected chi connectivity index (χ4v) is 4.71. The number of amides is 1. The molecule has 1 aliphatic rings. The van der Waals surface area contributed by atoms with Gasteiger partial charge in [0.1, 0.15) is 10.8 Å². The Morgan fingerprint density at radius 3 is 2.75 bits per heavy atom. The number of carbonyl (C=O) groups excluding carboxylic acids is 1. The minimum atomic E-state index is -0.0221. The second-order valence-electron chi connectivity index (χ2n) is 6.89. The van der Waals surface area contributed by atoms with Crippen molar-refractivity contribution in [1.29, 1.82) is 0 Å². The smallest absolute Gasteiger partial charge is 0.226 e. The van der Waals surface area contributed by atoms with Crippen LogP contribution in [-0.2, 0) is 17.8 Å². The van der Waals surface area contributed by atoms with Crippen LogP contribution >= 0.6 is 22.7 Å². The van der Waals surface area contributed by atoms with Crippen LogP contribution in [0.15, 0.2) is 41.2 Å². The van der Waals surface area contributed by atoms with Gasteiger partial charge in [0.15, 0.2) is 0 Å². The molecule has 0 aromatic carbocycles. The molecule has 28 heavy (non-hydrogen) atoms. The van der Waals surface area contributed by atoms with Crippen LogP contribution in [0.1, 0.15) is 11.3 Å². The molecular formula is C20H23N5OS2. The minimum absolute atomic E-state index is 0.0221. The fourth-order valence-electron chi connectivity index (χ4n) is 3.07. The summed E-state index contributed by atoms with van der Waals surface area (Å²) in [6, 6.07) is 8.14. The number of carbonyl (C=O) groups is 1. The number of nitrogens with zero attached hydrogens (tertiary/aromatic N) is 4. The number of anilines is 1. The zero-order valence-corrected chi connectivity index (χ0v) is 17.4. The number of nitrogens with one attached hydrogen (secondary N) is 1. The van der Waals surface area contributed by atoms with Crippen molar-refractivity contribution < 1.29 is 4.79 Å². The summed E-state index contributed by atoms with van der Waals surface area (Å²) in [6.45, 7) is 4.60. The molecule has 1 N–H and O–H groups in total. The normalized spacial score (nSPS) is 15.0. The highest BCUT2D eigenvalue weighted by Crippen LogP contribution is 2.27. The molecule has 0 aliphatic carbocycles. The minimum Gasteiger partial charge on any atom is -0.354 e. The largest absolute Gasteiger partial charge is 0.354 e. The van der Waals surface area contributed by atoms with Gasteiger partial charge < -0.3 is 15.1 Å². The second-order valence-corrected chi connectivity index (χ2v) is 8.70. The summed E-state index contributed by atoms with van der Waals surface area (Å²) in [5, 5.41) is 7.93. The molecule has 0 bridgehead atoms. The Morgan fingerprint density at radius 1 is 1.18 bits per heavy atom. The van der Waals surface area contributed by atoms with E-state index in [4.69, 9.17) is 0 Å². The average Bonchev–Trinajstić information content (AvgIpc) is 3.39. The maximum absolute atomic E-state index is 12.2. The number of thiazole rings is 1. The molecule has 4 heterocycles. The van der Waals surface area contributed by atoms with E-state index in [0.29, 0.717) is 13.0 Å². The maximum Gasteiger partial charge on any atom is 0.226 e. The topological polar surface area (TPSA) is 61.4 Å². The Balaban J connectivity index is 1.26. The molecular weight excluding hydrogens is 390 g/mol. The van der Waals surface area contributed by atoms with Crippen LogP contribution in [0.3, 0.4) is 0 Å². The number of likely N-dealkylation sites (N-methyl/N-ethyl adjacent to an activating group) is 1. The molecule has 146 valence electrons. The van der Waals surface area contributed by atoms with Crippen molar-refractivity contribution in [3.63, 3.8) is 0 Å². The van der Waals surface area contributed by atoms with Gasteiger partial charge >= 0.3 is 0 Å². The molecule has 1 amide bonds. The molecule has 3 aromatic rings. The molecule has 0 spiro atoms. The van der Waals surface area contributed by atoms with Gasteiger partial charge in [0, 0.05) is 44.3 Å². The summed E-state index contributed by atoms with van der Waals surface area (Å²) < 4.78 is 0. The van der Waals surface area contributed by atoms with Crippen LogP contribution in [0.4, 0.5) is 5.82 Å². The first kappa shape index (κ1) is 19.0. The van der Waals surface area contributed by atoms with E-state index in [1.807, 2.05) is 41.2 Å². The number of pyridine rings is 1. The van der Waals surface area contributed by atoms with Crippen molar-refractivity contribution in [2.24, 2.45) is 0 Å². The summed E-state index contributed by atoms with van der Waals surface area (Å²) in [5.41, 5.74) is 1.82. The van der Waals surface area contributed by atoms with Crippen molar-refractivity contribution in [2.45, 2.75) is 13.0 Å². The molecule has 8 heteroatoms. The van der Waals surface area contributed by atoms with Crippen molar-refractivity contribution >= 4 is 34.4 Å². The molecule has 3 aromatic heterocycles. The van der Waals surface area contributed by atoms with E-state index in [2.05, 4.69) is 32.1 Å². The Labute approximate surface area is 172 Å². The Hall–Kier alpha value is -2.29. The van der Waals surface area contributed by atoms with Crippen LogP contribution in [0, 0.1) is 0 Å². The number of rotatable bonds is 6. The molecule has 0 radical (unpaired) electrons. The monoisotopic (exact) mass is 413 g/mol. The quantitative estimate of drug-likeness (QED) is 0.673. The number of aromatic nitrogens is 2. The van der Waals surface area contributed by atoms with Crippen LogP contribution in [-0.4, -0.2) is 54.0 Å². The van der Waals surface area contributed by atoms with Crippen LogP contribution in [0.2, 0.25) is 0 Å². The summed E-state index contributed by atoms with van der Waals surface area (Å²) in [6.07, 6.45) is 2.15. The van der Waals surface area contributed by atoms with Gasteiger partial charge in [-0.15, -0.1) is 22.7 Å². The zero-order valence-electron chi connectivity index (χ0n) is 15.8. The third kappa shape index (κ3) is 4.76. The lowest BCUT2D eigenvalue weighted by Crippen LogP contribution is -2.44. The lowest BCUT2D eigenvalue weighted by molar-refractivity contribution is -0.120. The van der Waals surface area contributed by atoms with Crippen molar-refractivity contribution in [3.05, 3.63) is 52.5 Å². The van der Waals surface area contributed by atoms with Gasteiger partial charge in [0.25, 0.3) is 0 Å². The number of hydrogen-bond donors (Lipinski definition) is 1. The molecule has 1 aliphatic heterocycles. The van der Waals surface area contributed by atoms with E-state index in [1.165, 1.54) is 0 Å². The average molecular weight is 414 g/mol. The zero-order chi connectivity index (χ0) is 19.3. The van der Waals surface area contributed by atoms with Gasteiger partial charge in [0.2, 0.25) is 5.91 Å². The highest BCUT2D eigenvalue weighted by atomic mass is 32.1. The lowest BCUT2D eigenvalue weighted by Gasteiger charge is -2.33. The van der Waals surface area contributed by atoms with Crippen molar-refractivity contribution in [2.75, 3.05) is 38.1 Å². The van der Waals surface area contributed by atoms with Crippen LogP contribution in [0.5, 0.6) is 0 Å². The number of hydrogen-bond acceptors (Lipinski definition) is 7.